The van der Waals surface area contributed by atoms with E-state index in [1.165, 1.54) is 16.9 Å². The Bertz CT molecular complexity index is 1440. The minimum atomic E-state index is -4.44. The number of hydrogen-bond donors (Lipinski definition) is 1. The molecule has 4 aromatic rings. The number of anilines is 2. The number of nitriles is 1. The molecule has 1 saturated heterocycles. The van der Waals surface area contributed by atoms with Gasteiger partial charge in [-0.25, -0.2) is 9.67 Å². The average molecular weight is 506 g/mol. The van der Waals surface area contributed by atoms with Crippen molar-refractivity contribution in [2.24, 2.45) is 0 Å². The topological polar surface area (TPSA) is 85.0 Å². The van der Waals surface area contributed by atoms with Crippen LogP contribution in [-0.2, 0) is 10.9 Å². The molecule has 0 saturated carbocycles. The van der Waals surface area contributed by atoms with Gasteiger partial charge in [0.15, 0.2) is 0 Å². The van der Waals surface area contributed by atoms with E-state index in [1.807, 2.05) is 18.2 Å². The molecular formula is C27H22F3N5O2. The Labute approximate surface area is 211 Å². The van der Waals surface area contributed by atoms with Gasteiger partial charge in [-0.15, -0.1) is 0 Å². The molecule has 1 fully saturated rings. The molecule has 0 amide bonds. The second kappa shape index (κ2) is 10.3. The standard InChI is InChI=1S/C27H22F3N5O2/c28-27(29,30)21-2-1-3-23(14-21)35-17-22(16-33-35)34-26-13-19(6-9-32-26)18-4-5-25(20(12-18)15-31)37-24-7-10-36-11-8-24/h1-6,9,12-14,16-17,24H,7-8,10-11H2,(H,32,34). The summed E-state index contributed by atoms with van der Waals surface area (Å²) in [5.74, 6) is 1.06. The summed E-state index contributed by atoms with van der Waals surface area (Å²) in [5.41, 5.74) is 2.19. The molecule has 0 bridgehead atoms. The highest BCUT2D eigenvalue weighted by Crippen LogP contribution is 2.31. The van der Waals surface area contributed by atoms with Crippen LogP contribution in [0.4, 0.5) is 24.7 Å². The molecule has 0 atom stereocenters. The lowest BCUT2D eigenvalue weighted by atomic mass is 10.0. The van der Waals surface area contributed by atoms with Crippen molar-refractivity contribution in [3.8, 4) is 28.6 Å². The highest BCUT2D eigenvalue weighted by molar-refractivity contribution is 5.70. The first-order valence-corrected chi connectivity index (χ1v) is 11.6. The summed E-state index contributed by atoms with van der Waals surface area (Å²) in [5, 5.41) is 17.0. The number of pyridine rings is 1. The molecule has 0 radical (unpaired) electrons. The van der Waals surface area contributed by atoms with E-state index in [0.29, 0.717) is 36.0 Å². The van der Waals surface area contributed by atoms with Crippen LogP contribution in [0, 0.1) is 11.3 Å². The van der Waals surface area contributed by atoms with Gasteiger partial charge in [0.2, 0.25) is 0 Å². The molecule has 0 spiro atoms. The average Bonchev–Trinajstić information content (AvgIpc) is 3.38. The van der Waals surface area contributed by atoms with Gasteiger partial charge in [-0.1, -0.05) is 12.1 Å². The van der Waals surface area contributed by atoms with Gasteiger partial charge in [-0.2, -0.15) is 23.5 Å². The highest BCUT2D eigenvalue weighted by atomic mass is 19.4. The van der Waals surface area contributed by atoms with Crippen LogP contribution in [0.15, 0.2) is 73.2 Å². The van der Waals surface area contributed by atoms with E-state index in [0.717, 1.165) is 36.1 Å². The van der Waals surface area contributed by atoms with E-state index >= 15 is 0 Å². The van der Waals surface area contributed by atoms with Gasteiger partial charge in [0, 0.05) is 19.0 Å². The maximum absolute atomic E-state index is 13.0. The Hall–Kier alpha value is -4.36. The summed E-state index contributed by atoms with van der Waals surface area (Å²) in [7, 11) is 0. The number of nitrogens with zero attached hydrogens (tertiary/aromatic N) is 4. The molecule has 3 heterocycles. The molecule has 37 heavy (non-hydrogen) atoms. The fourth-order valence-electron chi connectivity index (χ4n) is 4.05. The van der Waals surface area contributed by atoms with Crippen molar-refractivity contribution < 1.29 is 22.6 Å². The Balaban J connectivity index is 1.33. The quantitative estimate of drug-likeness (QED) is 0.340. The van der Waals surface area contributed by atoms with Gasteiger partial charge in [0.05, 0.1) is 48.1 Å². The predicted molar refractivity (Wildman–Crippen MR) is 131 cm³/mol. The van der Waals surface area contributed by atoms with Gasteiger partial charge in [-0.05, 0) is 53.6 Å². The van der Waals surface area contributed by atoms with E-state index in [1.54, 1.807) is 30.6 Å². The summed E-state index contributed by atoms with van der Waals surface area (Å²) in [6.45, 7) is 1.30. The van der Waals surface area contributed by atoms with Crippen LogP contribution < -0.4 is 10.1 Å². The number of halogens is 3. The fraction of sp³-hybridized carbons (Fsp3) is 0.222. The number of hydrogen-bond acceptors (Lipinski definition) is 6. The van der Waals surface area contributed by atoms with E-state index < -0.39 is 11.7 Å². The summed E-state index contributed by atoms with van der Waals surface area (Å²) < 4.78 is 51.9. The highest BCUT2D eigenvalue weighted by Gasteiger charge is 2.30. The van der Waals surface area contributed by atoms with Crippen molar-refractivity contribution in [3.05, 3.63) is 84.3 Å². The maximum Gasteiger partial charge on any atom is 0.416 e. The fourth-order valence-corrected chi connectivity index (χ4v) is 4.05. The van der Waals surface area contributed by atoms with Gasteiger partial charge < -0.3 is 14.8 Å². The van der Waals surface area contributed by atoms with Crippen LogP contribution in [0.5, 0.6) is 5.75 Å². The molecule has 0 aliphatic carbocycles. The summed E-state index contributed by atoms with van der Waals surface area (Å²) in [6.07, 6.45) is 1.89. The lowest BCUT2D eigenvalue weighted by Gasteiger charge is -2.23. The smallest absolute Gasteiger partial charge is 0.416 e. The van der Waals surface area contributed by atoms with Crippen molar-refractivity contribution in [1.29, 1.82) is 5.26 Å². The third-order valence-electron chi connectivity index (χ3n) is 5.95. The third kappa shape index (κ3) is 5.73. The lowest BCUT2D eigenvalue weighted by molar-refractivity contribution is -0.137. The Morgan fingerprint density at radius 3 is 2.65 bits per heavy atom. The summed E-state index contributed by atoms with van der Waals surface area (Å²) in [6, 6.07) is 16.3. The van der Waals surface area contributed by atoms with Crippen molar-refractivity contribution in [1.82, 2.24) is 14.8 Å². The number of alkyl halides is 3. The Morgan fingerprint density at radius 1 is 1.05 bits per heavy atom. The first-order chi connectivity index (χ1) is 17.9. The SMILES string of the molecule is N#Cc1cc(-c2ccnc(Nc3cnn(-c4cccc(C(F)(F)F)c4)c3)c2)ccc1OC1CCOCC1. The third-order valence-corrected chi connectivity index (χ3v) is 5.95. The van der Waals surface area contributed by atoms with Gasteiger partial charge >= 0.3 is 6.18 Å². The molecule has 2 aromatic heterocycles. The van der Waals surface area contributed by atoms with Crippen LogP contribution in [-0.4, -0.2) is 34.1 Å². The van der Waals surface area contributed by atoms with Crippen LogP contribution in [0.1, 0.15) is 24.0 Å². The zero-order valence-corrected chi connectivity index (χ0v) is 19.6. The molecule has 2 aromatic carbocycles. The predicted octanol–water partition coefficient (Wildman–Crippen LogP) is 6.13. The number of benzene rings is 2. The van der Waals surface area contributed by atoms with Crippen LogP contribution in [0.2, 0.25) is 0 Å². The van der Waals surface area contributed by atoms with Crippen LogP contribution in [0.25, 0.3) is 16.8 Å². The monoisotopic (exact) mass is 505 g/mol. The second-order valence-corrected chi connectivity index (χ2v) is 8.53. The van der Waals surface area contributed by atoms with E-state index in [4.69, 9.17) is 9.47 Å². The molecule has 10 heteroatoms. The first kappa shape index (κ1) is 24.3. The number of rotatable bonds is 6. The Kier molecular flexibility index (Phi) is 6.79. The zero-order chi connectivity index (χ0) is 25.8. The largest absolute Gasteiger partial charge is 0.489 e. The second-order valence-electron chi connectivity index (χ2n) is 8.53. The maximum atomic E-state index is 13.0. The molecule has 188 valence electrons. The number of nitrogens with one attached hydrogen (secondary N) is 1. The van der Waals surface area contributed by atoms with Gasteiger partial charge in [0.25, 0.3) is 0 Å². The zero-order valence-electron chi connectivity index (χ0n) is 19.6. The lowest BCUT2D eigenvalue weighted by Crippen LogP contribution is -2.26. The van der Waals surface area contributed by atoms with E-state index in [9.17, 15) is 18.4 Å². The minimum absolute atomic E-state index is 0.0280. The number of ether oxygens (including phenoxy) is 2. The molecular weight excluding hydrogens is 483 g/mol. The molecule has 1 aliphatic rings. The van der Waals surface area contributed by atoms with Gasteiger partial charge in [0.1, 0.15) is 23.7 Å². The Morgan fingerprint density at radius 2 is 1.86 bits per heavy atom. The van der Waals surface area contributed by atoms with Crippen molar-refractivity contribution >= 4 is 11.5 Å². The molecule has 5 rings (SSSR count). The molecule has 0 unspecified atom stereocenters. The van der Waals surface area contributed by atoms with Crippen LogP contribution in [0.3, 0.4) is 0 Å². The van der Waals surface area contributed by atoms with Crippen molar-refractivity contribution in [2.75, 3.05) is 18.5 Å². The molecule has 7 nitrogen and oxygen atoms in total. The molecule has 1 aliphatic heterocycles. The first-order valence-electron chi connectivity index (χ1n) is 11.6. The van der Waals surface area contributed by atoms with E-state index in [2.05, 4.69) is 21.5 Å². The summed E-state index contributed by atoms with van der Waals surface area (Å²) in [4.78, 5) is 4.33. The number of aromatic nitrogens is 3. The van der Waals surface area contributed by atoms with Crippen LogP contribution >= 0.6 is 0 Å². The molecule has 1 N–H and O–H groups in total. The summed E-state index contributed by atoms with van der Waals surface area (Å²) >= 11 is 0. The van der Waals surface area contributed by atoms with Crippen molar-refractivity contribution in [3.63, 3.8) is 0 Å². The normalized spacial score (nSPS) is 14.2. The minimum Gasteiger partial charge on any atom is -0.489 e. The van der Waals surface area contributed by atoms with Gasteiger partial charge in [-0.3, -0.25) is 0 Å². The van der Waals surface area contributed by atoms with Crippen molar-refractivity contribution in [2.45, 2.75) is 25.1 Å². The van der Waals surface area contributed by atoms with E-state index in [-0.39, 0.29) is 11.8 Å².